The van der Waals surface area contributed by atoms with Gasteiger partial charge in [-0.2, -0.15) is 4.68 Å². The van der Waals surface area contributed by atoms with Crippen LogP contribution in [0.1, 0.15) is 29.0 Å². The third kappa shape index (κ3) is 5.85. The molecule has 8 nitrogen and oxygen atoms in total. The second-order valence-electron chi connectivity index (χ2n) is 7.32. The van der Waals surface area contributed by atoms with E-state index >= 15 is 0 Å². The van der Waals surface area contributed by atoms with E-state index in [9.17, 15) is 9.59 Å². The molecule has 0 bridgehead atoms. The van der Waals surface area contributed by atoms with E-state index in [-0.39, 0.29) is 23.6 Å². The minimum absolute atomic E-state index is 0.125. The van der Waals surface area contributed by atoms with Crippen LogP contribution in [0, 0.1) is 6.92 Å². The van der Waals surface area contributed by atoms with Gasteiger partial charge in [-0.15, -0.1) is 16.4 Å². The highest BCUT2D eigenvalue weighted by Gasteiger charge is 2.19. The molecule has 0 aliphatic heterocycles. The molecule has 0 saturated heterocycles. The highest BCUT2D eigenvalue weighted by Crippen LogP contribution is 2.27. The van der Waals surface area contributed by atoms with E-state index in [4.69, 9.17) is 0 Å². The van der Waals surface area contributed by atoms with Gasteiger partial charge in [0.25, 0.3) is 0 Å². The van der Waals surface area contributed by atoms with E-state index in [0.29, 0.717) is 16.5 Å². The summed E-state index contributed by atoms with van der Waals surface area (Å²) < 4.78 is 1.54. The Kier molecular flexibility index (Phi) is 7.16. The molecule has 2 heterocycles. The number of hydrogen-bond acceptors (Lipinski definition) is 7. The van der Waals surface area contributed by atoms with Crippen molar-refractivity contribution in [3.05, 3.63) is 82.0 Å². The lowest BCUT2D eigenvalue weighted by Gasteiger charge is -2.18. The second-order valence-corrected chi connectivity index (χ2v) is 9.24. The first-order chi connectivity index (χ1) is 16.0. The van der Waals surface area contributed by atoms with Crippen molar-refractivity contribution in [3.63, 3.8) is 0 Å². The van der Waals surface area contributed by atoms with Gasteiger partial charge >= 0.3 is 0 Å². The van der Waals surface area contributed by atoms with Crippen LogP contribution in [-0.4, -0.2) is 37.8 Å². The molecule has 4 aromatic rings. The Morgan fingerprint density at radius 3 is 2.67 bits per heavy atom. The topological polar surface area (TPSA) is 102 Å². The van der Waals surface area contributed by atoms with Crippen LogP contribution in [0.15, 0.2) is 71.2 Å². The number of thioether (sulfide) groups is 1. The zero-order valence-corrected chi connectivity index (χ0v) is 19.7. The van der Waals surface area contributed by atoms with E-state index in [1.165, 1.54) is 24.2 Å². The lowest BCUT2D eigenvalue weighted by molar-refractivity contribution is -0.119. The highest BCUT2D eigenvalue weighted by atomic mass is 32.2. The van der Waals surface area contributed by atoms with Crippen LogP contribution in [0.25, 0.3) is 5.69 Å². The molecule has 2 aromatic heterocycles. The quantitative estimate of drug-likeness (QED) is 0.371. The first kappa shape index (κ1) is 22.7. The summed E-state index contributed by atoms with van der Waals surface area (Å²) in [5.74, 6) is -0.135. The first-order valence-corrected chi connectivity index (χ1v) is 12.0. The fourth-order valence-corrected chi connectivity index (χ4v) is 4.72. The second kappa shape index (κ2) is 10.4. The number of aromatic nitrogens is 4. The zero-order chi connectivity index (χ0) is 23.2. The molecule has 168 valence electrons. The number of amides is 2. The molecule has 1 atom stereocenters. The van der Waals surface area contributed by atoms with Crippen LogP contribution in [0.3, 0.4) is 0 Å². The Balaban J connectivity index is 1.46. The van der Waals surface area contributed by atoms with Crippen molar-refractivity contribution < 1.29 is 9.59 Å². The lowest BCUT2D eigenvalue weighted by atomic mass is 10.0. The fraction of sp³-hybridized carbons (Fsp3) is 0.174. The Morgan fingerprint density at radius 2 is 1.94 bits per heavy atom. The molecular formula is C23H22N6O2S2. The summed E-state index contributed by atoms with van der Waals surface area (Å²) in [5.41, 5.74) is 3.52. The third-order valence-electron chi connectivity index (χ3n) is 4.73. The summed E-state index contributed by atoms with van der Waals surface area (Å²) in [5, 5.41) is 20.2. The minimum atomic E-state index is -0.218. The van der Waals surface area contributed by atoms with Crippen molar-refractivity contribution in [2.75, 3.05) is 11.1 Å². The van der Waals surface area contributed by atoms with Crippen molar-refractivity contribution in [3.8, 4) is 5.69 Å². The zero-order valence-electron chi connectivity index (χ0n) is 18.1. The van der Waals surface area contributed by atoms with Gasteiger partial charge < -0.3 is 10.6 Å². The van der Waals surface area contributed by atoms with Gasteiger partial charge in [0.2, 0.25) is 17.0 Å². The molecule has 0 aliphatic carbocycles. The van der Waals surface area contributed by atoms with Gasteiger partial charge in [-0.3, -0.25) is 9.59 Å². The first-order valence-electron chi connectivity index (χ1n) is 10.2. The van der Waals surface area contributed by atoms with E-state index < -0.39 is 0 Å². The van der Waals surface area contributed by atoms with Crippen LogP contribution < -0.4 is 10.6 Å². The van der Waals surface area contributed by atoms with Crippen LogP contribution >= 0.6 is 23.1 Å². The molecule has 0 fully saturated rings. The third-order valence-corrected chi connectivity index (χ3v) is 6.58. The van der Waals surface area contributed by atoms with Gasteiger partial charge in [-0.05, 0) is 52.6 Å². The molecule has 0 radical (unpaired) electrons. The molecule has 10 heteroatoms. The van der Waals surface area contributed by atoms with Crippen LogP contribution in [-0.2, 0) is 9.59 Å². The van der Waals surface area contributed by atoms with Crippen molar-refractivity contribution in [1.82, 2.24) is 25.5 Å². The normalized spacial score (nSPS) is 11.7. The smallest absolute Gasteiger partial charge is 0.231 e. The summed E-state index contributed by atoms with van der Waals surface area (Å²) in [6.07, 6.45) is 0. The Bertz CT molecular complexity index is 1240. The summed E-state index contributed by atoms with van der Waals surface area (Å²) in [4.78, 5) is 25.3. The molecule has 0 aliphatic rings. The molecule has 2 aromatic carbocycles. The van der Waals surface area contributed by atoms with Crippen LogP contribution in [0.5, 0.6) is 0 Å². The number of tetrazole rings is 1. The summed E-state index contributed by atoms with van der Waals surface area (Å²) in [7, 11) is 0. The number of carbonyl (C=O) groups excluding carboxylic acids is 2. The van der Waals surface area contributed by atoms with Crippen molar-refractivity contribution in [2.45, 2.75) is 25.0 Å². The lowest BCUT2D eigenvalue weighted by Crippen LogP contribution is -2.30. The number of nitrogens with one attached hydrogen (secondary N) is 2. The summed E-state index contributed by atoms with van der Waals surface area (Å²) >= 11 is 2.85. The van der Waals surface area contributed by atoms with E-state index in [2.05, 4.69) is 26.2 Å². The van der Waals surface area contributed by atoms with Crippen molar-refractivity contribution in [1.29, 1.82) is 0 Å². The fourth-order valence-electron chi connectivity index (χ4n) is 3.22. The molecule has 33 heavy (non-hydrogen) atoms. The number of rotatable bonds is 8. The molecule has 2 amide bonds. The maximum Gasteiger partial charge on any atom is 0.231 e. The molecule has 0 saturated carbocycles. The largest absolute Gasteiger partial charge is 0.344 e. The predicted octanol–water partition coefficient (Wildman–Crippen LogP) is 3.99. The number of benzene rings is 2. The SMILES string of the molecule is CC(=O)Nc1cccc(-n2nnnc2SCC(=O)NC(c2ccc(C)cc2)c2cccs2)c1. The number of hydrogen-bond donors (Lipinski definition) is 2. The number of thiophene rings is 1. The maximum atomic E-state index is 12.9. The number of anilines is 1. The molecule has 2 N–H and O–H groups in total. The Hall–Kier alpha value is -3.50. The average Bonchev–Trinajstić information content (AvgIpc) is 3.49. The molecule has 0 spiro atoms. The van der Waals surface area contributed by atoms with Gasteiger partial charge in [0, 0.05) is 17.5 Å². The number of nitrogens with zero attached hydrogens (tertiary/aromatic N) is 4. The van der Waals surface area contributed by atoms with Gasteiger partial charge in [0.05, 0.1) is 17.5 Å². The van der Waals surface area contributed by atoms with Crippen LogP contribution in [0.2, 0.25) is 0 Å². The van der Waals surface area contributed by atoms with Gasteiger partial charge in [0.15, 0.2) is 0 Å². The van der Waals surface area contributed by atoms with E-state index in [0.717, 1.165) is 10.4 Å². The Morgan fingerprint density at radius 1 is 1.12 bits per heavy atom. The van der Waals surface area contributed by atoms with Gasteiger partial charge in [-0.25, -0.2) is 0 Å². The summed E-state index contributed by atoms with van der Waals surface area (Å²) in [6, 6.07) is 19.1. The van der Waals surface area contributed by atoms with Crippen molar-refractivity contribution in [2.24, 2.45) is 0 Å². The molecular weight excluding hydrogens is 456 g/mol. The Labute approximate surface area is 199 Å². The van der Waals surface area contributed by atoms with Crippen LogP contribution in [0.4, 0.5) is 5.69 Å². The van der Waals surface area contributed by atoms with Crippen molar-refractivity contribution >= 4 is 40.6 Å². The molecule has 1 unspecified atom stereocenters. The monoisotopic (exact) mass is 478 g/mol. The van der Waals surface area contributed by atoms with E-state index in [1.807, 2.05) is 54.8 Å². The van der Waals surface area contributed by atoms with Gasteiger partial charge in [0.1, 0.15) is 0 Å². The summed E-state index contributed by atoms with van der Waals surface area (Å²) in [6.45, 7) is 3.48. The highest BCUT2D eigenvalue weighted by molar-refractivity contribution is 7.99. The number of carbonyl (C=O) groups is 2. The molecule has 4 rings (SSSR count). The van der Waals surface area contributed by atoms with E-state index in [1.54, 1.807) is 34.2 Å². The standard InChI is InChI=1S/C23H22N6O2S2/c1-15-8-10-17(11-9-15)22(20-7-4-12-32-20)25-21(31)14-33-23-26-27-28-29(23)19-6-3-5-18(13-19)24-16(2)30/h3-13,22H,14H2,1-2H3,(H,24,30)(H,25,31). The minimum Gasteiger partial charge on any atom is -0.344 e. The van der Waals surface area contributed by atoms with Gasteiger partial charge in [-0.1, -0.05) is 53.7 Å². The maximum absolute atomic E-state index is 12.9. The predicted molar refractivity (Wildman–Crippen MR) is 130 cm³/mol. The number of aryl methyl sites for hydroxylation is 1. The average molecular weight is 479 g/mol.